The largest absolute Gasteiger partial charge is 0.378 e. The highest BCUT2D eigenvalue weighted by Gasteiger charge is 2.13. The van der Waals surface area contributed by atoms with Crippen molar-refractivity contribution in [2.75, 3.05) is 26.3 Å². The molecule has 2 heterocycles. The molecule has 28 heavy (non-hydrogen) atoms. The molecule has 4 rings (SSSR count). The lowest BCUT2D eigenvalue weighted by atomic mass is 10.0. The van der Waals surface area contributed by atoms with Crippen molar-refractivity contribution in [1.82, 2.24) is 10.1 Å². The van der Waals surface area contributed by atoms with Crippen LogP contribution >= 0.6 is 0 Å². The maximum absolute atomic E-state index is 6.06. The summed E-state index contributed by atoms with van der Waals surface area (Å²) in [7, 11) is 0. The molecular formula is C22H24N4O2. The molecule has 1 aliphatic rings. The third-order valence-corrected chi connectivity index (χ3v) is 4.81. The van der Waals surface area contributed by atoms with E-state index in [1.165, 1.54) is 16.7 Å². The fourth-order valence-electron chi connectivity index (χ4n) is 3.26. The average Bonchev–Trinajstić information content (AvgIpc) is 3.21. The third-order valence-electron chi connectivity index (χ3n) is 4.81. The Morgan fingerprint density at radius 1 is 0.964 bits per heavy atom. The third kappa shape index (κ3) is 4.58. The zero-order valence-corrected chi connectivity index (χ0v) is 15.8. The van der Waals surface area contributed by atoms with Crippen LogP contribution in [0.25, 0.3) is 11.1 Å². The highest BCUT2D eigenvalue weighted by Crippen LogP contribution is 2.21. The van der Waals surface area contributed by atoms with E-state index in [4.69, 9.17) is 15.0 Å². The minimum atomic E-state index is 0.442. The standard InChI is InChI=1S/C22H24N4O2/c23-22(26-11-13-27-14-12-26)24-21-16-20(25-28-21)10-9-17-5-4-8-19(15-17)18-6-2-1-3-7-18/h1-8,15-16H,9-14H2,(H2,23,24). The van der Waals surface area contributed by atoms with Gasteiger partial charge in [-0.25, -0.2) is 0 Å². The summed E-state index contributed by atoms with van der Waals surface area (Å²) in [6.07, 6.45) is 1.67. The first-order valence-electron chi connectivity index (χ1n) is 9.55. The number of aromatic nitrogens is 1. The van der Waals surface area contributed by atoms with Crippen molar-refractivity contribution < 1.29 is 9.26 Å². The molecule has 0 radical (unpaired) electrons. The summed E-state index contributed by atoms with van der Waals surface area (Å²) >= 11 is 0. The molecule has 144 valence electrons. The van der Waals surface area contributed by atoms with Crippen LogP contribution in [0.5, 0.6) is 0 Å². The van der Waals surface area contributed by atoms with E-state index in [-0.39, 0.29) is 0 Å². The molecule has 6 heteroatoms. The molecule has 0 amide bonds. The number of aryl methyl sites for hydroxylation is 2. The van der Waals surface area contributed by atoms with Crippen LogP contribution in [0.4, 0.5) is 5.88 Å². The van der Waals surface area contributed by atoms with E-state index in [2.05, 4.69) is 58.7 Å². The second-order valence-corrected chi connectivity index (χ2v) is 6.79. The fourth-order valence-corrected chi connectivity index (χ4v) is 3.26. The molecule has 0 aliphatic carbocycles. The van der Waals surface area contributed by atoms with Crippen LogP contribution in [0.1, 0.15) is 11.3 Å². The molecule has 1 aromatic heterocycles. The Bertz CT molecular complexity index is 930. The van der Waals surface area contributed by atoms with Gasteiger partial charge in [-0.3, -0.25) is 0 Å². The molecule has 0 spiro atoms. The number of guanidine groups is 1. The molecule has 0 atom stereocenters. The average molecular weight is 376 g/mol. The van der Waals surface area contributed by atoms with Gasteiger partial charge in [-0.05, 0) is 29.5 Å². The van der Waals surface area contributed by atoms with Crippen LogP contribution in [0.3, 0.4) is 0 Å². The van der Waals surface area contributed by atoms with Gasteiger partial charge in [0.1, 0.15) is 0 Å². The maximum Gasteiger partial charge on any atom is 0.253 e. The smallest absolute Gasteiger partial charge is 0.253 e. The molecule has 2 aromatic carbocycles. The number of morpholine rings is 1. The summed E-state index contributed by atoms with van der Waals surface area (Å²) in [5.41, 5.74) is 10.6. The van der Waals surface area contributed by atoms with Crippen LogP contribution in [-0.4, -0.2) is 42.3 Å². The number of nitrogens with two attached hydrogens (primary N) is 1. The number of hydrogen-bond acceptors (Lipinski definition) is 4. The highest BCUT2D eigenvalue weighted by atomic mass is 16.5. The molecule has 0 bridgehead atoms. The molecule has 1 fully saturated rings. The van der Waals surface area contributed by atoms with Crippen LogP contribution in [0.2, 0.25) is 0 Å². The van der Waals surface area contributed by atoms with Crippen molar-refractivity contribution in [2.24, 2.45) is 10.7 Å². The minimum Gasteiger partial charge on any atom is -0.378 e. The van der Waals surface area contributed by atoms with Crippen molar-refractivity contribution in [1.29, 1.82) is 0 Å². The van der Waals surface area contributed by atoms with Gasteiger partial charge >= 0.3 is 0 Å². The number of rotatable bonds is 5. The van der Waals surface area contributed by atoms with E-state index in [0.29, 0.717) is 25.1 Å². The number of aliphatic imine (C=N–C) groups is 1. The molecule has 0 unspecified atom stereocenters. The molecule has 1 saturated heterocycles. The van der Waals surface area contributed by atoms with E-state index in [9.17, 15) is 0 Å². The fraction of sp³-hybridized carbons (Fsp3) is 0.273. The summed E-state index contributed by atoms with van der Waals surface area (Å²) in [5, 5.41) is 4.13. The summed E-state index contributed by atoms with van der Waals surface area (Å²) in [6.45, 7) is 2.82. The van der Waals surface area contributed by atoms with E-state index < -0.39 is 0 Å². The van der Waals surface area contributed by atoms with Gasteiger partial charge in [0, 0.05) is 19.2 Å². The van der Waals surface area contributed by atoms with E-state index in [1.54, 1.807) is 0 Å². The van der Waals surface area contributed by atoms with Gasteiger partial charge < -0.3 is 19.9 Å². The van der Waals surface area contributed by atoms with Crippen LogP contribution in [0, 0.1) is 0 Å². The zero-order valence-electron chi connectivity index (χ0n) is 15.8. The van der Waals surface area contributed by atoms with E-state index in [1.807, 2.05) is 17.0 Å². The van der Waals surface area contributed by atoms with Gasteiger partial charge in [0.25, 0.3) is 5.88 Å². The number of ether oxygens (including phenoxy) is 1. The number of benzene rings is 2. The van der Waals surface area contributed by atoms with Gasteiger partial charge in [0.2, 0.25) is 0 Å². The molecular weight excluding hydrogens is 352 g/mol. The van der Waals surface area contributed by atoms with Gasteiger partial charge in [0.05, 0.1) is 18.9 Å². The van der Waals surface area contributed by atoms with Crippen molar-refractivity contribution in [3.63, 3.8) is 0 Å². The Labute approximate surface area is 164 Å². The van der Waals surface area contributed by atoms with E-state index >= 15 is 0 Å². The molecule has 6 nitrogen and oxygen atoms in total. The Hall–Kier alpha value is -3.12. The molecule has 2 N–H and O–H groups in total. The van der Waals surface area contributed by atoms with Crippen LogP contribution in [0.15, 0.2) is 70.2 Å². The predicted octanol–water partition coefficient (Wildman–Crippen LogP) is 3.41. The molecule has 0 saturated carbocycles. The maximum atomic E-state index is 6.06. The Morgan fingerprint density at radius 2 is 1.75 bits per heavy atom. The SMILES string of the molecule is NC(=Nc1cc(CCc2cccc(-c3ccccc3)c2)no1)N1CCOCC1. The van der Waals surface area contributed by atoms with Gasteiger partial charge in [-0.2, -0.15) is 4.99 Å². The normalized spacial score (nSPS) is 15.0. The summed E-state index contributed by atoms with van der Waals surface area (Å²) in [4.78, 5) is 6.33. The summed E-state index contributed by atoms with van der Waals surface area (Å²) < 4.78 is 10.7. The van der Waals surface area contributed by atoms with Crippen molar-refractivity contribution in [3.05, 3.63) is 71.9 Å². The second kappa shape index (κ2) is 8.71. The van der Waals surface area contributed by atoms with Gasteiger partial charge in [-0.15, -0.1) is 0 Å². The van der Waals surface area contributed by atoms with Gasteiger partial charge in [-0.1, -0.05) is 59.8 Å². The van der Waals surface area contributed by atoms with Crippen molar-refractivity contribution >= 4 is 11.8 Å². The van der Waals surface area contributed by atoms with Gasteiger partial charge in [0.15, 0.2) is 5.96 Å². The van der Waals surface area contributed by atoms with Crippen LogP contribution in [-0.2, 0) is 17.6 Å². The first-order valence-corrected chi connectivity index (χ1v) is 9.55. The quantitative estimate of drug-likeness (QED) is 0.545. The Balaban J connectivity index is 1.38. The predicted molar refractivity (Wildman–Crippen MR) is 109 cm³/mol. The van der Waals surface area contributed by atoms with Crippen molar-refractivity contribution in [2.45, 2.75) is 12.8 Å². The lowest BCUT2D eigenvalue weighted by molar-refractivity contribution is 0.0675. The Morgan fingerprint density at radius 3 is 2.57 bits per heavy atom. The number of hydrogen-bond donors (Lipinski definition) is 1. The molecule has 1 aliphatic heterocycles. The summed E-state index contributed by atoms with van der Waals surface area (Å²) in [6, 6.07) is 20.9. The topological polar surface area (TPSA) is 76.9 Å². The summed E-state index contributed by atoms with van der Waals surface area (Å²) in [5.74, 6) is 0.888. The number of nitrogens with zero attached hydrogens (tertiary/aromatic N) is 3. The zero-order chi connectivity index (χ0) is 19.2. The second-order valence-electron chi connectivity index (χ2n) is 6.79. The monoisotopic (exact) mass is 376 g/mol. The minimum absolute atomic E-state index is 0.442. The first kappa shape index (κ1) is 18.3. The Kier molecular flexibility index (Phi) is 5.68. The molecule has 3 aromatic rings. The van der Waals surface area contributed by atoms with Crippen LogP contribution < -0.4 is 5.73 Å². The highest BCUT2D eigenvalue weighted by molar-refractivity contribution is 5.80. The van der Waals surface area contributed by atoms with Crippen molar-refractivity contribution in [3.8, 4) is 11.1 Å². The lowest BCUT2D eigenvalue weighted by Gasteiger charge is -2.27. The lowest BCUT2D eigenvalue weighted by Crippen LogP contribution is -2.44. The first-order chi connectivity index (χ1) is 13.8. The van der Waals surface area contributed by atoms with E-state index in [0.717, 1.165) is 31.6 Å².